The Kier molecular flexibility index (Phi) is 29.4. The maximum atomic E-state index is 12.3. The van der Waals surface area contributed by atoms with Crippen LogP contribution < -0.4 is 5.32 Å². The van der Waals surface area contributed by atoms with Gasteiger partial charge in [-0.15, -0.1) is 0 Å². The fourth-order valence-electron chi connectivity index (χ4n) is 5.16. The lowest BCUT2D eigenvalue weighted by molar-refractivity contribution is -0.124. The van der Waals surface area contributed by atoms with Crippen molar-refractivity contribution in [3.8, 4) is 0 Å². The number of hydrogen-bond acceptors (Lipinski definition) is 4. The molecule has 5 nitrogen and oxygen atoms in total. The minimum atomic E-state index is -0.921. The number of carbonyl (C=O) groups is 1. The fourth-order valence-corrected chi connectivity index (χ4v) is 5.16. The Bertz CT molecular complexity index is 539. The number of allylic oxidation sites excluding steroid dienone is 1. The molecule has 0 bridgehead atoms. The van der Waals surface area contributed by atoms with Crippen LogP contribution in [0.4, 0.5) is 0 Å². The first kappa shape index (κ1) is 38.1. The highest BCUT2D eigenvalue weighted by Gasteiger charge is 2.20. The first-order chi connectivity index (χ1) is 19.0. The van der Waals surface area contributed by atoms with Crippen molar-refractivity contribution in [2.45, 2.75) is 193 Å². The van der Waals surface area contributed by atoms with Crippen LogP contribution in [0.5, 0.6) is 0 Å². The SMILES string of the molecule is CCCCCCCCCCCCCCCC/C=C/C(O)C(CO)NC(=O)CC(O)CCCCCCCCCC. The average Bonchev–Trinajstić information content (AvgIpc) is 2.92. The van der Waals surface area contributed by atoms with Gasteiger partial charge in [-0.05, 0) is 19.3 Å². The van der Waals surface area contributed by atoms with Crippen LogP contribution in [0.25, 0.3) is 0 Å². The lowest BCUT2D eigenvalue weighted by atomic mass is 10.0. The summed E-state index contributed by atoms with van der Waals surface area (Å²) in [4.78, 5) is 12.3. The molecule has 0 aromatic rings. The summed E-state index contributed by atoms with van der Waals surface area (Å²) in [5.41, 5.74) is 0. The van der Waals surface area contributed by atoms with Crippen molar-refractivity contribution in [3.05, 3.63) is 12.2 Å². The van der Waals surface area contributed by atoms with E-state index in [1.54, 1.807) is 6.08 Å². The topological polar surface area (TPSA) is 89.8 Å². The zero-order valence-electron chi connectivity index (χ0n) is 26.0. The molecule has 3 unspecified atom stereocenters. The highest BCUT2D eigenvalue weighted by molar-refractivity contribution is 5.76. The quantitative estimate of drug-likeness (QED) is 0.0530. The molecule has 0 saturated carbocycles. The Morgan fingerprint density at radius 1 is 0.641 bits per heavy atom. The van der Waals surface area contributed by atoms with Gasteiger partial charge in [0.25, 0.3) is 0 Å². The van der Waals surface area contributed by atoms with E-state index >= 15 is 0 Å². The van der Waals surface area contributed by atoms with E-state index < -0.39 is 18.2 Å². The Labute approximate surface area is 242 Å². The predicted molar refractivity (Wildman–Crippen MR) is 167 cm³/mol. The molecule has 0 fully saturated rings. The molecular weight excluding hydrogens is 486 g/mol. The third kappa shape index (κ3) is 27.0. The molecule has 0 saturated heterocycles. The first-order valence-corrected chi connectivity index (χ1v) is 17.0. The first-order valence-electron chi connectivity index (χ1n) is 17.0. The highest BCUT2D eigenvalue weighted by Crippen LogP contribution is 2.14. The minimum Gasteiger partial charge on any atom is -0.394 e. The molecule has 1 amide bonds. The molecule has 0 spiro atoms. The maximum Gasteiger partial charge on any atom is 0.222 e. The second-order valence-corrected chi connectivity index (χ2v) is 11.8. The van der Waals surface area contributed by atoms with E-state index in [4.69, 9.17) is 0 Å². The molecule has 0 aliphatic rings. The van der Waals surface area contributed by atoms with Crippen molar-refractivity contribution in [3.63, 3.8) is 0 Å². The smallest absolute Gasteiger partial charge is 0.222 e. The van der Waals surface area contributed by atoms with Crippen LogP contribution in [0.2, 0.25) is 0 Å². The Morgan fingerprint density at radius 2 is 1.05 bits per heavy atom. The van der Waals surface area contributed by atoms with Gasteiger partial charge in [-0.1, -0.05) is 161 Å². The zero-order chi connectivity index (χ0) is 28.8. The van der Waals surface area contributed by atoms with Gasteiger partial charge in [-0.2, -0.15) is 0 Å². The van der Waals surface area contributed by atoms with Gasteiger partial charge in [0.15, 0.2) is 0 Å². The fraction of sp³-hybridized carbons (Fsp3) is 0.912. The molecule has 3 atom stereocenters. The van der Waals surface area contributed by atoms with Gasteiger partial charge in [0.2, 0.25) is 5.91 Å². The molecule has 0 aromatic carbocycles. The van der Waals surface area contributed by atoms with Crippen molar-refractivity contribution >= 4 is 5.91 Å². The van der Waals surface area contributed by atoms with Gasteiger partial charge < -0.3 is 20.6 Å². The molecule has 0 radical (unpaired) electrons. The van der Waals surface area contributed by atoms with Crippen LogP contribution >= 0.6 is 0 Å². The van der Waals surface area contributed by atoms with E-state index in [-0.39, 0.29) is 18.9 Å². The number of rotatable bonds is 30. The molecule has 4 N–H and O–H groups in total. The molecular formula is C34H67NO4. The number of amides is 1. The lowest BCUT2D eigenvalue weighted by Crippen LogP contribution is -2.45. The normalized spacial score (nSPS) is 14.1. The van der Waals surface area contributed by atoms with Crippen molar-refractivity contribution in [1.82, 2.24) is 5.32 Å². The van der Waals surface area contributed by atoms with Gasteiger partial charge in [-0.25, -0.2) is 0 Å². The summed E-state index contributed by atoms with van der Waals surface area (Å²) in [6, 6.07) is -0.736. The molecule has 232 valence electrons. The van der Waals surface area contributed by atoms with Gasteiger partial charge in [0.1, 0.15) is 0 Å². The van der Waals surface area contributed by atoms with Gasteiger partial charge in [0.05, 0.1) is 31.3 Å². The molecule has 0 aromatic heterocycles. The van der Waals surface area contributed by atoms with Crippen molar-refractivity contribution in [1.29, 1.82) is 0 Å². The van der Waals surface area contributed by atoms with Gasteiger partial charge in [-0.3, -0.25) is 4.79 Å². The van der Waals surface area contributed by atoms with Gasteiger partial charge in [0, 0.05) is 0 Å². The molecule has 39 heavy (non-hydrogen) atoms. The molecule has 0 aliphatic heterocycles. The molecule has 0 heterocycles. The van der Waals surface area contributed by atoms with E-state index in [1.807, 2.05) is 6.08 Å². The third-order valence-corrected chi connectivity index (χ3v) is 7.82. The summed E-state index contributed by atoms with van der Waals surface area (Å²) in [6.45, 7) is 4.16. The monoisotopic (exact) mass is 554 g/mol. The van der Waals surface area contributed by atoms with Crippen LogP contribution in [0.3, 0.4) is 0 Å². The Balaban J connectivity index is 3.74. The highest BCUT2D eigenvalue weighted by atomic mass is 16.3. The standard InChI is InChI=1S/C34H67NO4/c1-3-5-7-9-11-13-14-15-16-17-18-19-20-22-24-26-28-33(38)32(30-36)35-34(39)29-31(37)27-25-23-21-12-10-8-6-4-2/h26,28,31-33,36-38H,3-25,27,29-30H2,1-2H3,(H,35,39)/b28-26+. The molecule has 5 heteroatoms. The van der Waals surface area contributed by atoms with Crippen LogP contribution in [0.1, 0.15) is 174 Å². The summed E-state index contributed by atoms with van der Waals surface area (Å²) in [5.74, 6) is -0.319. The van der Waals surface area contributed by atoms with Crippen molar-refractivity contribution < 1.29 is 20.1 Å². The second kappa shape index (κ2) is 30.1. The average molecular weight is 554 g/mol. The Hall–Kier alpha value is -0.910. The van der Waals surface area contributed by atoms with Crippen LogP contribution in [-0.2, 0) is 4.79 Å². The Morgan fingerprint density at radius 3 is 1.49 bits per heavy atom. The zero-order valence-corrected chi connectivity index (χ0v) is 26.0. The van der Waals surface area contributed by atoms with Gasteiger partial charge >= 0.3 is 0 Å². The largest absolute Gasteiger partial charge is 0.394 e. The summed E-state index contributed by atoms with van der Waals surface area (Å²) in [7, 11) is 0. The lowest BCUT2D eigenvalue weighted by Gasteiger charge is -2.21. The summed E-state index contributed by atoms with van der Waals surface area (Å²) >= 11 is 0. The van der Waals surface area contributed by atoms with E-state index in [1.165, 1.54) is 122 Å². The maximum absolute atomic E-state index is 12.3. The summed E-state index contributed by atoms with van der Waals surface area (Å²) in [6.07, 6.45) is 31.9. The molecule has 0 aliphatic carbocycles. The van der Waals surface area contributed by atoms with E-state index in [0.29, 0.717) is 6.42 Å². The number of carbonyl (C=O) groups excluding carboxylic acids is 1. The summed E-state index contributed by atoms with van der Waals surface area (Å²) < 4.78 is 0. The number of unbranched alkanes of at least 4 members (excludes halogenated alkanes) is 21. The number of hydrogen-bond donors (Lipinski definition) is 4. The van der Waals surface area contributed by atoms with Crippen molar-refractivity contribution in [2.75, 3.05) is 6.61 Å². The van der Waals surface area contributed by atoms with E-state index in [0.717, 1.165) is 25.7 Å². The van der Waals surface area contributed by atoms with Crippen molar-refractivity contribution in [2.24, 2.45) is 0 Å². The van der Waals surface area contributed by atoms with E-state index in [2.05, 4.69) is 19.2 Å². The summed E-state index contributed by atoms with van der Waals surface area (Å²) in [5, 5.41) is 32.8. The van der Waals surface area contributed by atoms with Crippen LogP contribution in [0, 0.1) is 0 Å². The predicted octanol–water partition coefficient (Wildman–Crippen LogP) is 8.53. The number of nitrogens with one attached hydrogen (secondary N) is 1. The second-order valence-electron chi connectivity index (χ2n) is 11.8. The minimum absolute atomic E-state index is 0.0164. The van der Waals surface area contributed by atoms with E-state index in [9.17, 15) is 20.1 Å². The van der Waals surface area contributed by atoms with Crippen LogP contribution in [0.15, 0.2) is 12.2 Å². The molecule has 0 rings (SSSR count). The number of aliphatic hydroxyl groups is 3. The third-order valence-electron chi connectivity index (χ3n) is 7.82. The number of aliphatic hydroxyl groups excluding tert-OH is 3. The van der Waals surface area contributed by atoms with Crippen LogP contribution in [-0.4, -0.2) is 46.1 Å².